The highest BCUT2D eigenvalue weighted by atomic mass is 16.3. The first kappa shape index (κ1) is 48.1. The van der Waals surface area contributed by atoms with Crippen molar-refractivity contribution in [2.75, 3.05) is 35.8 Å². The molecule has 0 bridgehead atoms. The van der Waals surface area contributed by atoms with Crippen LogP contribution in [0.5, 0.6) is 17.2 Å². The number of aromatic hydroxyl groups is 3. The standard InChI is InChI=1S/C51H78N6O3/c1-46(2,3)34-22-31(23-35(40(34)58)47(4,5)6)28-55(19)43-52-44(56(20)29-32-24-36(48(7,8)9)41(59)37(25-32)49(10,11)12)54-45(53-43)57(21)30-33-26-38(50(13,14)15)42(60)39(27-33)51(16,17)18/h22-27,58-60H,28-30H2,1-21H3. The van der Waals surface area contributed by atoms with Gasteiger partial charge in [-0.05, 0) is 119 Å². The Bertz CT molecular complexity index is 1820. The maximum absolute atomic E-state index is 11.5. The number of hydrogen-bond acceptors (Lipinski definition) is 9. The van der Waals surface area contributed by atoms with Crippen LogP contribution in [0.15, 0.2) is 36.4 Å². The molecule has 0 radical (unpaired) electrons. The normalized spacial score (nSPS) is 13.2. The quantitative estimate of drug-likeness (QED) is 0.152. The van der Waals surface area contributed by atoms with Crippen LogP contribution in [0.2, 0.25) is 0 Å². The average Bonchev–Trinajstić information content (AvgIpc) is 3.07. The lowest BCUT2D eigenvalue weighted by atomic mass is 9.78. The van der Waals surface area contributed by atoms with Crippen LogP contribution in [-0.4, -0.2) is 51.4 Å². The first-order valence-corrected chi connectivity index (χ1v) is 21.5. The van der Waals surface area contributed by atoms with Gasteiger partial charge < -0.3 is 30.0 Å². The van der Waals surface area contributed by atoms with Crippen molar-refractivity contribution in [1.82, 2.24) is 15.0 Å². The molecule has 0 fully saturated rings. The van der Waals surface area contributed by atoms with E-state index in [2.05, 4.69) is 161 Å². The zero-order valence-corrected chi connectivity index (χ0v) is 41.1. The fourth-order valence-corrected chi connectivity index (χ4v) is 7.68. The predicted molar refractivity (Wildman–Crippen MR) is 253 cm³/mol. The summed E-state index contributed by atoms with van der Waals surface area (Å²) in [4.78, 5) is 21.5. The number of rotatable bonds is 9. The maximum Gasteiger partial charge on any atom is 0.232 e. The monoisotopic (exact) mass is 823 g/mol. The molecular weight excluding hydrogens is 745 g/mol. The minimum atomic E-state index is -0.264. The molecule has 0 saturated carbocycles. The Morgan fingerprint density at radius 3 is 0.617 bits per heavy atom. The van der Waals surface area contributed by atoms with E-state index in [9.17, 15) is 15.3 Å². The van der Waals surface area contributed by atoms with Gasteiger partial charge in [-0.25, -0.2) is 0 Å². The van der Waals surface area contributed by atoms with Crippen LogP contribution in [0.3, 0.4) is 0 Å². The van der Waals surface area contributed by atoms with Gasteiger partial charge in [-0.15, -0.1) is 0 Å². The Balaban J connectivity index is 1.89. The van der Waals surface area contributed by atoms with Crippen LogP contribution in [-0.2, 0) is 52.1 Å². The lowest BCUT2D eigenvalue weighted by Crippen LogP contribution is -2.28. The van der Waals surface area contributed by atoms with Crippen LogP contribution >= 0.6 is 0 Å². The van der Waals surface area contributed by atoms with Crippen LogP contribution in [0.1, 0.15) is 175 Å². The molecule has 0 aliphatic carbocycles. The predicted octanol–water partition coefficient (Wildman–Crippen LogP) is 11.7. The first-order valence-electron chi connectivity index (χ1n) is 21.5. The minimum absolute atomic E-state index is 0.264. The van der Waals surface area contributed by atoms with E-state index in [0.717, 1.165) is 50.1 Å². The number of phenols is 3. The van der Waals surface area contributed by atoms with Crippen molar-refractivity contribution in [1.29, 1.82) is 0 Å². The summed E-state index contributed by atoms with van der Waals surface area (Å²) < 4.78 is 0. The summed E-state index contributed by atoms with van der Waals surface area (Å²) >= 11 is 0. The Kier molecular flexibility index (Phi) is 13.2. The molecule has 9 heteroatoms. The largest absolute Gasteiger partial charge is 0.507 e. The van der Waals surface area contributed by atoms with Gasteiger partial charge in [0.05, 0.1) is 0 Å². The summed E-state index contributed by atoms with van der Waals surface area (Å²) in [6, 6.07) is 12.7. The topological polar surface area (TPSA) is 109 Å². The molecule has 330 valence electrons. The molecule has 1 heterocycles. The van der Waals surface area contributed by atoms with Gasteiger partial charge in [0.25, 0.3) is 0 Å². The van der Waals surface area contributed by atoms with Gasteiger partial charge in [0.15, 0.2) is 0 Å². The Morgan fingerprint density at radius 2 is 0.483 bits per heavy atom. The summed E-state index contributed by atoms with van der Waals surface area (Å²) in [6.07, 6.45) is 0. The molecular formula is C51H78N6O3. The number of nitrogens with zero attached hydrogens (tertiary/aromatic N) is 6. The third kappa shape index (κ3) is 11.0. The summed E-state index contributed by atoms with van der Waals surface area (Å²) in [5.74, 6) is 2.61. The Labute approximate surface area is 363 Å². The average molecular weight is 823 g/mol. The third-order valence-corrected chi connectivity index (χ3v) is 11.2. The SMILES string of the molecule is CN(Cc1cc(C(C)(C)C)c(O)c(C(C)(C)C)c1)c1nc(N(C)Cc2cc(C(C)(C)C)c(O)c(C(C)(C)C)c2)nc(N(C)Cc2cc(C(C)(C)C)c(O)c(C(C)(C)C)c2)n1. The summed E-state index contributed by atoms with van der Waals surface area (Å²) in [7, 11) is 6.00. The zero-order valence-electron chi connectivity index (χ0n) is 41.1. The van der Waals surface area contributed by atoms with E-state index in [0.29, 0.717) is 54.7 Å². The third-order valence-electron chi connectivity index (χ3n) is 11.2. The fraction of sp³-hybridized carbons (Fsp3) is 0.588. The minimum Gasteiger partial charge on any atom is -0.507 e. The van der Waals surface area contributed by atoms with E-state index >= 15 is 0 Å². The van der Waals surface area contributed by atoms with Crippen LogP contribution in [0, 0.1) is 0 Å². The zero-order chi connectivity index (χ0) is 45.9. The van der Waals surface area contributed by atoms with Crippen molar-refractivity contribution in [3.63, 3.8) is 0 Å². The lowest BCUT2D eigenvalue weighted by Gasteiger charge is -2.30. The number of phenolic OH excluding ortho intramolecular Hbond substituents is 3. The maximum atomic E-state index is 11.5. The molecule has 0 aliphatic heterocycles. The molecule has 0 spiro atoms. The van der Waals surface area contributed by atoms with Crippen LogP contribution in [0.25, 0.3) is 0 Å². The highest BCUT2D eigenvalue weighted by Gasteiger charge is 2.30. The molecule has 0 atom stereocenters. The highest BCUT2D eigenvalue weighted by Crippen LogP contribution is 2.43. The molecule has 3 N–H and O–H groups in total. The summed E-state index contributed by atoms with van der Waals surface area (Å²) in [5, 5.41) is 34.4. The van der Waals surface area contributed by atoms with Gasteiger partial charge in [0, 0.05) is 40.8 Å². The van der Waals surface area contributed by atoms with Crippen molar-refractivity contribution in [2.24, 2.45) is 0 Å². The molecule has 3 aromatic carbocycles. The molecule has 0 aliphatic rings. The summed E-state index contributed by atoms with van der Waals surface area (Å²) in [5.41, 5.74) is 7.02. The second-order valence-corrected chi connectivity index (χ2v) is 23.4. The molecule has 1 aromatic heterocycles. The molecule has 0 unspecified atom stereocenters. The van der Waals surface area contributed by atoms with E-state index in [1.807, 2.05) is 35.8 Å². The molecule has 0 saturated heterocycles. The van der Waals surface area contributed by atoms with E-state index < -0.39 is 0 Å². The molecule has 0 amide bonds. The van der Waals surface area contributed by atoms with Gasteiger partial charge in [0.2, 0.25) is 17.8 Å². The van der Waals surface area contributed by atoms with Crippen molar-refractivity contribution >= 4 is 17.8 Å². The first-order chi connectivity index (χ1) is 27.0. The van der Waals surface area contributed by atoms with Crippen molar-refractivity contribution < 1.29 is 15.3 Å². The van der Waals surface area contributed by atoms with Gasteiger partial charge in [0.1, 0.15) is 17.2 Å². The Morgan fingerprint density at radius 1 is 0.333 bits per heavy atom. The summed E-state index contributed by atoms with van der Waals surface area (Å²) in [6.45, 7) is 39.8. The molecule has 4 aromatic rings. The van der Waals surface area contributed by atoms with Crippen LogP contribution in [0.4, 0.5) is 17.8 Å². The van der Waals surface area contributed by atoms with E-state index in [1.165, 1.54) is 0 Å². The van der Waals surface area contributed by atoms with Crippen molar-refractivity contribution in [3.05, 3.63) is 86.5 Å². The Hall–Kier alpha value is -4.53. The smallest absolute Gasteiger partial charge is 0.232 e. The molecule has 60 heavy (non-hydrogen) atoms. The van der Waals surface area contributed by atoms with Crippen molar-refractivity contribution in [3.8, 4) is 17.2 Å². The van der Waals surface area contributed by atoms with Gasteiger partial charge >= 0.3 is 0 Å². The molecule has 9 nitrogen and oxygen atoms in total. The number of aromatic nitrogens is 3. The lowest BCUT2D eigenvalue weighted by molar-refractivity contribution is 0.421. The van der Waals surface area contributed by atoms with Crippen molar-refractivity contribution in [2.45, 2.75) is 177 Å². The fourth-order valence-electron chi connectivity index (χ4n) is 7.68. The van der Waals surface area contributed by atoms with Crippen LogP contribution < -0.4 is 14.7 Å². The van der Waals surface area contributed by atoms with E-state index in [1.54, 1.807) is 0 Å². The highest BCUT2D eigenvalue weighted by molar-refractivity contribution is 5.55. The molecule has 4 rings (SSSR count). The number of benzene rings is 3. The number of hydrogen-bond donors (Lipinski definition) is 3. The van der Waals surface area contributed by atoms with Gasteiger partial charge in [-0.1, -0.05) is 125 Å². The second kappa shape index (κ2) is 16.4. The van der Waals surface area contributed by atoms with Gasteiger partial charge in [-0.2, -0.15) is 15.0 Å². The van der Waals surface area contributed by atoms with E-state index in [-0.39, 0.29) is 32.5 Å². The number of anilines is 3. The second-order valence-electron chi connectivity index (χ2n) is 23.4. The van der Waals surface area contributed by atoms with E-state index in [4.69, 9.17) is 15.0 Å². The van der Waals surface area contributed by atoms with Gasteiger partial charge in [-0.3, -0.25) is 0 Å².